The minimum atomic E-state index is 0.269. The number of fused-ring (bicyclic) bond motifs is 3. The van der Waals surface area contributed by atoms with Crippen LogP contribution in [0.3, 0.4) is 0 Å². The predicted octanol–water partition coefficient (Wildman–Crippen LogP) is 2.44. The van der Waals surface area contributed by atoms with Gasteiger partial charge in [-0.1, -0.05) is 0 Å². The Kier molecular flexibility index (Phi) is 4.88. The summed E-state index contributed by atoms with van der Waals surface area (Å²) in [5.74, 6) is 0.707. The van der Waals surface area contributed by atoms with Crippen molar-refractivity contribution in [3.8, 4) is 11.3 Å². The molecule has 5 rings (SSSR count). The lowest BCUT2D eigenvalue weighted by Crippen LogP contribution is -2.37. The number of nitrogens with zero attached hydrogens (tertiary/aromatic N) is 6. The van der Waals surface area contributed by atoms with E-state index in [4.69, 9.17) is 11.5 Å². The molecule has 3 aromatic rings. The van der Waals surface area contributed by atoms with Gasteiger partial charge in [-0.15, -0.1) is 10.2 Å². The molecule has 2 aromatic heterocycles. The maximum Gasteiger partial charge on any atom is 0.245 e. The average Bonchev–Trinajstić information content (AvgIpc) is 3.36. The number of allylic oxidation sites excluding steroid dienone is 1. The zero-order valence-corrected chi connectivity index (χ0v) is 16.6. The van der Waals surface area contributed by atoms with Gasteiger partial charge in [0.25, 0.3) is 0 Å². The Labute approximate surface area is 174 Å². The fourth-order valence-corrected chi connectivity index (χ4v) is 4.71. The number of aromatic nitrogens is 5. The normalized spacial score (nSPS) is 24.3. The third-order valence-electron chi connectivity index (χ3n) is 6.13. The van der Waals surface area contributed by atoms with Crippen LogP contribution in [0.1, 0.15) is 32.1 Å². The van der Waals surface area contributed by atoms with Crippen molar-refractivity contribution in [2.75, 3.05) is 4.90 Å². The van der Waals surface area contributed by atoms with Crippen LogP contribution in [0.15, 0.2) is 41.8 Å². The first-order chi connectivity index (χ1) is 14.7. The van der Waals surface area contributed by atoms with E-state index in [2.05, 4.69) is 35.3 Å². The molecule has 2 aliphatic rings. The van der Waals surface area contributed by atoms with Crippen molar-refractivity contribution in [2.45, 2.75) is 50.2 Å². The van der Waals surface area contributed by atoms with Gasteiger partial charge in [-0.05, 0) is 56.5 Å². The van der Waals surface area contributed by atoms with Crippen LogP contribution in [-0.2, 0) is 0 Å². The monoisotopic (exact) mass is 403 g/mol. The quantitative estimate of drug-likeness (QED) is 0.569. The molecule has 0 spiro atoms. The van der Waals surface area contributed by atoms with E-state index in [9.17, 15) is 0 Å². The molecule has 4 heterocycles. The van der Waals surface area contributed by atoms with Crippen molar-refractivity contribution in [1.29, 1.82) is 0 Å². The Morgan fingerprint density at radius 1 is 1.10 bits per heavy atom. The van der Waals surface area contributed by atoms with Crippen LogP contribution in [0.2, 0.25) is 0 Å². The van der Waals surface area contributed by atoms with Gasteiger partial charge in [-0.3, -0.25) is 10.1 Å². The molecule has 2 saturated heterocycles. The largest absolute Gasteiger partial charge is 0.405 e. The second-order valence-electron chi connectivity index (χ2n) is 7.96. The molecule has 9 nitrogen and oxygen atoms in total. The summed E-state index contributed by atoms with van der Waals surface area (Å²) in [6.45, 7) is 0. The third kappa shape index (κ3) is 3.30. The number of nitrogens with two attached hydrogens (primary N) is 2. The summed E-state index contributed by atoms with van der Waals surface area (Å²) in [4.78, 5) is 11.4. The number of anilines is 1. The second-order valence-corrected chi connectivity index (χ2v) is 7.96. The molecule has 1 aromatic carbocycles. The highest BCUT2D eigenvalue weighted by Gasteiger charge is 2.38. The molecule has 0 amide bonds. The summed E-state index contributed by atoms with van der Waals surface area (Å²) in [7, 11) is 0. The van der Waals surface area contributed by atoms with Crippen molar-refractivity contribution >= 4 is 28.8 Å². The van der Waals surface area contributed by atoms with Crippen LogP contribution < -0.4 is 16.4 Å². The number of hydrogen-bond acceptors (Lipinski definition) is 8. The first-order valence-electron chi connectivity index (χ1n) is 10.4. The molecule has 0 saturated carbocycles. The molecule has 2 aliphatic heterocycles. The lowest BCUT2D eigenvalue weighted by Gasteiger charge is -2.27. The number of benzene rings is 1. The molecule has 9 heteroatoms. The molecular weight excluding hydrogens is 378 g/mol. The Hall–Kier alpha value is -3.33. The van der Waals surface area contributed by atoms with Gasteiger partial charge in [0.1, 0.15) is 5.69 Å². The Bertz CT molecular complexity index is 1090. The van der Waals surface area contributed by atoms with Gasteiger partial charge in [0.05, 0.1) is 23.6 Å². The summed E-state index contributed by atoms with van der Waals surface area (Å²) in [5, 5.41) is 17.1. The minimum absolute atomic E-state index is 0.269. The topological polar surface area (TPSA) is 135 Å². The van der Waals surface area contributed by atoms with Crippen molar-refractivity contribution < 1.29 is 0 Å². The smallest absolute Gasteiger partial charge is 0.245 e. The van der Waals surface area contributed by atoms with Crippen molar-refractivity contribution in [1.82, 2.24) is 25.4 Å². The van der Waals surface area contributed by atoms with E-state index in [1.807, 2.05) is 12.1 Å². The van der Waals surface area contributed by atoms with E-state index < -0.39 is 0 Å². The number of rotatable bonds is 4. The van der Waals surface area contributed by atoms with Gasteiger partial charge in [-0.25, -0.2) is 4.98 Å². The molecule has 2 fully saturated rings. The van der Waals surface area contributed by atoms with Crippen molar-refractivity contribution in [3.63, 3.8) is 0 Å². The number of aromatic amines is 1. The molecular formula is C21H25N9. The Balaban J connectivity index is 1.46. The van der Waals surface area contributed by atoms with E-state index in [1.165, 1.54) is 12.6 Å². The Morgan fingerprint density at radius 2 is 1.97 bits per heavy atom. The fraction of sp³-hybridized carbons (Fsp3) is 0.381. The summed E-state index contributed by atoms with van der Waals surface area (Å²) in [6.07, 6.45) is 13.8. The summed E-state index contributed by atoms with van der Waals surface area (Å²) >= 11 is 0. The third-order valence-corrected chi connectivity index (χ3v) is 6.13. The maximum absolute atomic E-state index is 6.24. The predicted molar refractivity (Wildman–Crippen MR) is 118 cm³/mol. The number of aliphatic imine (C=N–C) groups is 1. The highest BCUT2D eigenvalue weighted by atomic mass is 15.4. The van der Waals surface area contributed by atoms with E-state index >= 15 is 0 Å². The minimum Gasteiger partial charge on any atom is -0.405 e. The first-order valence-corrected chi connectivity index (χ1v) is 10.4. The van der Waals surface area contributed by atoms with E-state index in [-0.39, 0.29) is 6.04 Å². The molecule has 0 radical (unpaired) electrons. The molecule has 2 unspecified atom stereocenters. The lowest BCUT2D eigenvalue weighted by molar-refractivity contribution is 0.493. The number of hydrogen-bond donors (Lipinski definition) is 3. The Morgan fingerprint density at radius 3 is 2.80 bits per heavy atom. The maximum atomic E-state index is 6.24. The van der Waals surface area contributed by atoms with E-state index in [1.54, 1.807) is 24.7 Å². The molecule has 3 atom stereocenters. The SMILES string of the molecule is N/C=C\C=Nc1ccc(-c2cnc(N3C4CC[C@@H]3CCC(N)C4)nn2)c2cn[nH]c12. The molecule has 154 valence electrons. The molecule has 0 aliphatic carbocycles. The summed E-state index contributed by atoms with van der Waals surface area (Å²) < 4.78 is 0. The van der Waals surface area contributed by atoms with Gasteiger partial charge in [-0.2, -0.15) is 5.10 Å². The van der Waals surface area contributed by atoms with Crippen LogP contribution >= 0.6 is 0 Å². The number of nitrogens with one attached hydrogen (secondary N) is 1. The van der Waals surface area contributed by atoms with Crippen LogP contribution in [0, 0.1) is 0 Å². The molecule has 2 bridgehead atoms. The van der Waals surface area contributed by atoms with Crippen LogP contribution in [0.4, 0.5) is 11.6 Å². The zero-order chi connectivity index (χ0) is 20.5. The van der Waals surface area contributed by atoms with Gasteiger partial charge in [0, 0.05) is 35.3 Å². The van der Waals surface area contributed by atoms with Crippen molar-refractivity contribution in [3.05, 3.63) is 36.8 Å². The number of H-pyrrole nitrogens is 1. The zero-order valence-electron chi connectivity index (χ0n) is 16.6. The summed E-state index contributed by atoms with van der Waals surface area (Å²) in [6, 6.07) is 5.04. The van der Waals surface area contributed by atoms with Gasteiger partial charge >= 0.3 is 0 Å². The van der Waals surface area contributed by atoms with Crippen LogP contribution in [0.5, 0.6) is 0 Å². The van der Waals surface area contributed by atoms with Crippen LogP contribution in [0.25, 0.3) is 22.2 Å². The van der Waals surface area contributed by atoms with Crippen molar-refractivity contribution in [2.24, 2.45) is 16.5 Å². The summed E-state index contributed by atoms with van der Waals surface area (Å²) in [5.41, 5.74) is 14.8. The fourth-order valence-electron chi connectivity index (χ4n) is 4.71. The first kappa shape index (κ1) is 18.7. The van der Waals surface area contributed by atoms with Gasteiger partial charge in [0.2, 0.25) is 5.95 Å². The highest BCUT2D eigenvalue weighted by Crippen LogP contribution is 2.37. The van der Waals surface area contributed by atoms with E-state index in [0.717, 1.165) is 47.8 Å². The highest BCUT2D eigenvalue weighted by molar-refractivity contribution is 6.00. The average molecular weight is 403 g/mol. The van der Waals surface area contributed by atoms with E-state index in [0.29, 0.717) is 23.7 Å². The van der Waals surface area contributed by atoms with Gasteiger partial charge in [0.15, 0.2) is 0 Å². The van der Waals surface area contributed by atoms with Crippen LogP contribution in [-0.4, -0.2) is 49.7 Å². The second kappa shape index (κ2) is 7.83. The lowest BCUT2D eigenvalue weighted by atomic mass is 9.98. The van der Waals surface area contributed by atoms with Gasteiger partial charge < -0.3 is 16.4 Å². The standard InChI is InChI=1S/C21H25N9/c22-8-1-9-24-18-7-6-16(17-11-26-28-20(17)18)19-12-25-21(29-27-19)30-14-3-2-13(23)10-15(30)5-4-14/h1,6-9,11-15H,2-5,10,22-23H2,(H,26,28)/b8-1-,24-9?/t13?,14-,15?/m0/s1. The molecule has 5 N–H and O–H groups in total. The molecule has 30 heavy (non-hydrogen) atoms.